The highest BCUT2D eigenvalue weighted by Gasteiger charge is 2.33. The van der Waals surface area contributed by atoms with Crippen LogP contribution in [0.4, 0.5) is 18.9 Å². The van der Waals surface area contributed by atoms with Crippen molar-refractivity contribution < 1.29 is 18.0 Å². The van der Waals surface area contributed by atoms with E-state index in [4.69, 9.17) is 5.73 Å². The molecule has 0 radical (unpaired) electrons. The summed E-state index contributed by atoms with van der Waals surface area (Å²) in [4.78, 5) is 18.5. The molecule has 0 aliphatic rings. The Morgan fingerprint density at radius 2 is 2.19 bits per heavy atom. The van der Waals surface area contributed by atoms with Crippen LogP contribution in [0.2, 0.25) is 0 Å². The monoisotopic (exact) mass is 316 g/mol. The zero-order valence-corrected chi connectivity index (χ0v) is 11.5. The maximum absolute atomic E-state index is 12.4. The van der Waals surface area contributed by atoms with Crippen molar-refractivity contribution in [1.29, 1.82) is 0 Å². The summed E-state index contributed by atoms with van der Waals surface area (Å²) >= 11 is 0.947. The van der Waals surface area contributed by atoms with Crippen LogP contribution in [0, 0.1) is 0 Å². The van der Waals surface area contributed by atoms with Gasteiger partial charge in [0.05, 0.1) is 16.3 Å². The van der Waals surface area contributed by atoms with Crippen molar-refractivity contribution in [2.24, 2.45) is 5.73 Å². The number of halogens is 3. The second-order valence-electron chi connectivity index (χ2n) is 4.09. The molecule has 0 atom stereocenters. The van der Waals surface area contributed by atoms with Gasteiger partial charge in [0.2, 0.25) is 0 Å². The van der Waals surface area contributed by atoms with E-state index in [0.29, 0.717) is 23.7 Å². The Morgan fingerprint density at radius 1 is 1.43 bits per heavy atom. The van der Waals surface area contributed by atoms with Crippen molar-refractivity contribution in [3.05, 3.63) is 40.1 Å². The quantitative estimate of drug-likeness (QED) is 0.887. The molecule has 0 saturated carbocycles. The molecule has 0 aliphatic carbocycles. The van der Waals surface area contributed by atoms with E-state index in [9.17, 15) is 18.0 Å². The number of hydrogen-bond acceptors (Lipinski definition) is 5. The van der Waals surface area contributed by atoms with Crippen molar-refractivity contribution in [2.75, 3.05) is 11.9 Å². The third-order valence-electron chi connectivity index (χ3n) is 2.58. The first-order valence-electron chi connectivity index (χ1n) is 5.87. The summed E-state index contributed by atoms with van der Waals surface area (Å²) in [6, 6.07) is 1.57. The number of hydrogen-bond donors (Lipinski definition) is 2. The number of thiazole rings is 1. The lowest BCUT2D eigenvalue weighted by atomic mass is 10.2. The van der Waals surface area contributed by atoms with Gasteiger partial charge in [-0.3, -0.25) is 9.78 Å². The minimum Gasteiger partial charge on any atom is -0.384 e. The number of amides is 1. The van der Waals surface area contributed by atoms with Crippen LogP contribution in [0.15, 0.2) is 23.8 Å². The molecule has 9 heteroatoms. The Bertz CT molecular complexity index is 641. The molecule has 2 rings (SSSR count). The zero-order valence-electron chi connectivity index (χ0n) is 10.6. The van der Waals surface area contributed by atoms with Crippen molar-refractivity contribution in [3.63, 3.8) is 0 Å². The molecule has 0 aromatic carbocycles. The average Bonchev–Trinajstić information content (AvgIpc) is 2.88. The number of carbonyl (C=O) groups is 1. The van der Waals surface area contributed by atoms with E-state index in [1.807, 2.05) is 0 Å². The third kappa shape index (κ3) is 3.91. The number of pyridine rings is 1. The van der Waals surface area contributed by atoms with Gasteiger partial charge in [0, 0.05) is 30.7 Å². The highest BCUT2D eigenvalue weighted by Crippen LogP contribution is 2.30. The number of nitrogens with zero attached hydrogens (tertiary/aromatic N) is 2. The minimum atomic E-state index is -4.42. The molecule has 0 fully saturated rings. The molecule has 112 valence electrons. The Kier molecular flexibility index (Phi) is 4.41. The van der Waals surface area contributed by atoms with Crippen LogP contribution in [-0.4, -0.2) is 22.4 Å². The third-order valence-corrected chi connectivity index (χ3v) is 3.49. The van der Waals surface area contributed by atoms with Crippen LogP contribution in [0.1, 0.15) is 21.1 Å². The van der Waals surface area contributed by atoms with E-state index >= 15 is 0 Å². The van der Waals surface area contributed by atoms with Gasteiger partial charge in [-0.2, -0.15) is 13.2 Å². The second kappa shape index (κ2) is 6.08. The van der Waals surface area contributed by atoms with Crippen LogP contribution in [0.25, 0.3) is 0 Å². The van der Waals surface area contributed by atoms with E-state index in [0.717, 1.165) is 16.7 Å². The predicted octanol–water partition coefficient (Wildman–Crippen LogP) is 2.31. The molecule has 0 unspecified atom stereocenters. The molecule has 21 heavy (non-hydrogen) atoms. The fraction of sp³-hybridized carbons (Fsp3) is 0.250. The van der Waals surface area contributed by atoms with Gasteiger partial charge in [0.25, 0.3) is 5.91 Å². The highest BCUT2D eigenvalue weighted by molar-refractivity contribution is 7.09. The van der Waals surface area contributed by atoms with Crippen molar-refractivity contribution >= 4 is 22.9 Å². The summed E-state index contributed by atoms with van der Waals surface area (Å²) in [6.45, 7) is 0.328. The van der Waals surface area contributed by atoms with E-state index in [1.165, 1.54) is 12.4 Å². The first kappa shape index (κ1) is 15.2. The largest absolute Gasteiger partial charge is 0.434 e. The van der Waals surface area contributed by atoms with Crippen LogP contribution in [-0.2, 0) is 12.6 Å². The fourth-order valence-electron chi connectivity index (χ4n) is 1.60. The molecule has 2 aromatic rings. The van der Waals surface area contributed by atoms with Gasteiger partial charge in [-0.25, -0.2) is 4.98 Å². The number of rotatable bonds is 5. The molecule has 5 nitrogen and oxygen atoms in total. The SMILES string of the molecule is NC(=O)c1cnccc1NCCc1nc(C(F)(F)F)cs1. The Morgan fingerprint density at radius 3 is 2.81 bits per heavy atom. The highest BCUT2D eigenvalue weighted by atomic mass is 32.1. The lowest BCUT2D eigenvalue weighted by Gasteiger charge is -2.08. The Labute approximate surface area is 122 Å². The van der Waals surface area contributed by atoms with E-state index in [2.05, 4.69) is 15.3 Å². The molecule has 1 amide bonds. The summed E-state index contributed by atoms with van der Waals surface area (Å²) in [5.74, 6) is -0.626. The molecule has 2 aromatic heterocycles. The molecular formula is C12H11F3N4OS. The van der Waals surface area contributed by atoms with E-state index in [-0.39, 0.29) is 5.56 Å². The molecular weight excluding hydrogens is 305 g/mol. The van der Waals surface area contributed by atoms with Gasteiger partial charge in [-0.05, 0) is 6.07 Å². The molecule has 0 bridgehead atoms. The van der Waals surface area contributed by atoms with Gasteiger partial charge >= 0.3 is 6.18 Å². The predicted molar refractivity (Wildman–Crippen MR) is 72.1 cm³/mol. The smallest absolute Gasteiger partial charge is 0.384 e. The van der Waals surface area contributed by atoms with Gasteiger partial charge in [-0.1, -0.05) is 0 Å². The molecule has 0 aliphatic heterocycles. The van der Waals surface area contributed by atoms with Crippen molar-refractivity contribution in [2.45, 2.75) is 12.6 Å². The number of nitrogens with two attached hydrogens (primary N) is 1. The number of aromatic nitrogens is 2. The second-order valence-corrected chi connectivity index (χ2v) is 5.03. The average molecular weight is 316 g/mol. The topological polar surface area (TPSA) is 80.9 Å². The van der Waals surface area contributed by atoms with Crippen LogP contribution >= 0.6 is 11.3 Å². The van der Waals surface area contributed by atoms with Crippen LogP contribution in [0.5, 0.6) is 0 Å². The van der Waals surface area contributed by atoms with Crippen molar-refractivity contribution in [1.82, 2.24) is 9.97 Å². The first-order valence-corrected chi connectivity index (χ1v) is 6.75. The lowest BCUT2D eigenvalue weighted by molar-refractivity contribution is -0.140. The van der Waals surface area contributed by atoms with Crippen LogP contribution in [0.3, 0.4) is 0 Å². The van der Waals surface area contributed by atoms with Gasteiger partial charge in [0.1, 0.15) is 0 Å². The Balaban J connectivity index is 1.96. The fourth-order valence-corrected chi connectivity index (χ4v) is 2.41. The molecule has 0 spiro atoms. The summed E-state index contributed by atoms with van der Waals surface area (Å²) in [6.07, 6.45) is -1.30. The summed E-state index contributed by atoms with van der Waals surface area (Å²) in [5.41, 5.74) is 5.03. The molecule has 2 heterocycles. The lowest BCUT2D eigenvalue weighted by Crippen LogP contribution is -2.16. The van der Waals surface area contributed by atoms with E-state index in [1.54, 1.807) is 6.07 Å². The van der Waals surface area contributed by atoms with E-state index < -0.39 is 17.8 Å². The normalized spacial score (nSPS) is 11.4. The van der Waals surface area contributed by atoms with Crippen LogP contribution < -0.4 is 11.1 Å². The summed E-state index contributed by atoms with van der Waals surface area (Å²) in [5, 5.41) is 4.28. The number of alkyl halides is 3. The minimum absolute atomic E-state index is 0.229. The number of anilines is 1. The zero-order chi connectivity index (χ0) is 15.5. The standard InChI is InChI=1S/C12H11F3N4OS/c13-12(14,15)9-6-21-10(19-9)2-4-18-8-1-3-17-5-7(8)11(16)20/h1,3,5-6H,2,4H2,(H2,16,20)(H,17,18). The molecule has 3 N–H and O–H groups in total. The van der Waals surface area contributed by atoms with Gasteiger partial charge < -0.3 is 11.1 Å². The molecule has 0 saturated heterocycles. The summed E-state index contributed by atoms with van der Waals surface area (Å²) < 4.78 is 37.2. The maximum Gasteiger partial charge on any atom is 0.434 e. The Hall–Kier alpha value is -2.16. The van der Waals surface area contributed by atoms with Gasteiger partial charge in [-0.15, -0.1) is 11.3 Å². The van der Waals surface area contributed by atoms with Crippen molar-refractivity contribution in [3.8, 4) is 0 Å². The maximum atomic E-state index is 12.4. The number of nitrogens with one attached hydrogen (secondary N) is 1. The summed E-state index contributed by atoms with van der Waals surface area (Å²) in [7, 11) is 0. The number of primary amides is 1. The van der Waals surface area contributed by atoms with Gasteiger partial charge in [0.15, 0.2) is 5.69 Å². The first-order chi connectivity index (χ1) is 9.88. The number of carbonyl (C=O) groups excluding carboxylic acids is 1.